The van der Waals surface area contributed by atoms with Gasteiger partial charge in [0.05, 0.1) is 11.5 Å². The number of hydrogen-bond acceptors (Lipinski definition) is 4. The molecule has 0 aliphatic rings. The second kappa shape index (κ2) is 4.53. The number of aliphatic hydroxyl groups excluding tert-OH is 2. The third-order valence-corrected chi connectivity index (χ3v) is 3.13. The fourth-order valence-corrected chi connectivity index (χ4v) is 2.12. The van der Waals surface area contributed by atoms with Crippen LogP contribution in [0.3, 0.4) is 0 Å². The average Bonchev–Trinajstić information content (AvgIpc) is 2.78. The summed E-state index contributed by atoms with van der Waals surface area (Å²) >= 11 is 1.32. The van der Waals surface area contributed by atoms with Gasteiger partial charge in [-0.3, -0.25) is 0 Å². The van der Waals surface area contributed by atoms with E-state index < -0.39 is 6.10 Å². The van der Waals surface area contributed by atoms with Crippen molar-refractivity contribution in [2.24, 2.45) is 0 Å². The van der Waals surface area contributed by atoms with E-state index in [1.807, 2.05) is 30.3 Å². The first-order valence-electron chi connectivity index (χ1n) is 4.59. The Morgan fingerprint density at radius 2 is 2.00 bits per heavy atom. The van der Waals surface area contributed by atoms with Crippen molar-refractivity contribution >= 4 is 11.3 Å². The SMILES string of the molecule is OCc1ncc(C(O)c2ccccc2)s1. The summed E-state index contributed by atoms with van der Waals surface area (Å²) in [6.45, 7) is -0.0772. The molecule has 4 heteroatoms. The first-order chi connectivity index (χ1) is 7.31. The van der Waals surface area contributed by atoms with Crippen LogP contribution in [0.15, 0.2) is 36.5 Å². The number of aromatic nitrogens is 1. The maximum Gasteiger partial charge on any atom is 0.118 e. The number of nitrogens with zero attached hydrogens (tertiary/aromatic N) is 1. The van der Waals surface area contributed by atoms with Gasteiger partial charge in [-0.25, -0.2) is 4.98 Å². The van der Waals surface area contributed by atoms with Crippen LogP contribution in [0.5, 0.6) is 0 Å². The molecule has 2 aromatic rings. The minimum Gasteiger partial charge on any atom is -0.389 e. The van der Waals surface area contributed by atoms with Gasteiger partial charge in [0.1, 0.15) is 11.1 Å². The van der Waals surface area contributed by atoms with Crippen LogP contribution < -0.4 is 0 Å². The maximum atomic E-state index is 9.99. The van der Waals surface area contributed by atoms with E-state index in [1.165, 1.54) is 11.3 Å². The molecule has 1 aromatic heterocycles. The monoisotopic (exact) mass is 221 g/mol. The normalized spacial score (nSPS) is 12.7. The van der Waals surface area contributed by atoms with Gasteiger partial charge in [-0.15, -0.1) is 11.3 Å². The van der Waals surface area contributed by atoms with Gasteiger partial charge in [0.25, 0.3) is 0 Å². The minimum absolute atomic E-state index is 0.0772. The van der Waals surface area contributed by atoms with Gasteiger partial charge in [-0.1, -0.05) is 30.3 Å². The summed E-state index contributed by atoms with van der Waals surface area (Å²) < 4.78 is 0. The number of hydrogen-bond donors (Lipinski definition) is 2. The van der Waals surface area contributed by atoms with Crippen molar-refractivity contribution in [3.05, 3.63) is 52.0 Å². The molecule has 2 N–H and O–H groups in total. The molecule has 0 saturated heterocycles. The molecule has 2 rings (SSSR count). The van der Waals surface area contributed by atoms with E-state index in [-0.39, 0.29) is 6.61 Å². The molecule has 1 heterocycles. The summed E-state index contributed by atoms with van der Waals surface area (Å²) in [5.41, 5.74) is 0.839. The van der Waals surface area contributed by atoms with Crippen LogP contribution in [-0.4, -0.2) is 15.2 Å². The highest BCUT2D eigenvalue weighted by Gasteiger charge is 2.12. The molecule has 78 valence electrons. The zero-order valence-corrected chi connectivity index (χ0v) is 8.81. The highest BCUT2D eigenvalue weighted by atomic mass is 32.1. The predicted octanol–water partition coefficient (Wildman–Crippen LogP) is 1.72. The molecule has 0 fully saturated rings. The zero-order valence-electron chi connectivity index (χ0n) is 8.00. The molecule has 0 spiro atoms. The minimum atomic E-state index is -0.649. The van der Waals surface area contributed by atoms with Gasteiger partial charge in [-0.05, 0) is 5.56 Å². The molecule has 1 unspecified atom stereocenters. The van der Waals surface area contributed by atoms with Gasteiger partial charge in [0.15, 0.2) is 0 Å². The lowest BCUT2D eigenvalue weighted by Crippen LogP contribution is -1.95. The van der Waals surface area contributed by atoms with Crippen molar-refractivity contribution in [2.75, 3.05) is 0 Å². The largest absolute Gasteiger partial charge is 0.389 e. The lowest BCUT2D eigenvalue weighted by molar-refractivity contribution is 0.224. The third kappa shape index (κ3) is 2.23. The second-order valence-corrected chi connectivity index (χ2v) is 4.27. The Bertz CT molecular complexity index is 427. The smallest absolute Gasteiger partial charge is 0.118 e. The first kappa shape index (κ1) is 10.3. The lowest BCUT2D eigenvalue weighted by atomic mass is 10.1. The summed E-state index contributed by atoms with van der Waals surface area (Å²) in [5.74, 6) is 0. The first-order valence-corrected chi connectivity index (χ1v) is 5.41. The van der Waals surface area contributed by atoms with Gasteiger partial charge >= 0.3 is 0 Å². The number of thiazole rings is 1. The Morgan fingerprint density at radius 3 is 2.60 bits per heavy atom. The quantitative estimate of drug-likeness (QED) is 0.829. The number of aliphatic hydroxyl groups is 2. The van der Waals surface area contributed by atoms with Crippen molar-refractivity contribution in [1.29, 1.82) is 0 Å². The zero-order chi connectivity index (χ0) is 10.7. The van der Waals surface area contributed by atoms with Gasteiger partial charge in [0, 0.05) is 6.20 Å². The Kier molecular flexibility index (Phi) is 3.11. The van der Waals surface area contributed by atoms with Crippen molar-refractivity contribution in [2.45, 2.75) is 12.7 Å². The van der Waals surface area contributed by atoms with Crippen LogP contribution in [0, 0.1) is 0 Å². The highest BCUT2D eigenvalue weighted by molar-refractivity contribution is 7.11. The molecule has 3 nitrogen and oxygen atoms in total. The van der Waals surface area contributed by atoms with Crippen LogP contribution in [0.1, 0.15) is 21.6 Å². The summed E-state index contributed by atoms with van der Waals surface area (Å²) in [7, 11) is 0. The van der Waals surface area contributed by atoms with E-state index in [0.717, 1.165) is 10.4 Å². The van der Waals surface area contributed by atoms with Crippen molar-refractivity contribution < 1.29 is 10.2 Å². The molecule has 1 aromatic carbocycles. The average molecular weight is 221 g/mol. The Labute approximate surface area is 91.7 Å². The van der Waals surface area contributed by atoms with Crippen molar-refractivity contribution in [1.82, 2.24) is 4.98 Å². The van der Waals surface area contributed by atoms with Crippen molar-refractivity contribution in [3.63, 3.8) is 0 Å². The van der Waals surface area contributed by atoms with E-state index in [1.54, 1.807) is 6.20 Å². The molecular weight excluding hydrogens is 210 g/mol. The molecule has 0 saturated carbocycles. The molecule has 0 bridgehead atoms. The van der Waals surface area contributed by atoms with Crippen LogP contribution in [0.4, 0.5) is 0 Å². The lowest BCUT2D eigenvalue weighted by Gasteiger charge is -2.07. The predicted molar refractivity (Wildman–Crippen MR) is 58.5 cm³/mol. The van der Waals surface area contributed by atoms with E-state index in [4.69, 9.17) is 5.11 Å². The van der Waals surface area contributed by atoms with E-state index in [0.29, 0.717) is 5.01 Å². The highest BCUT2D eigenvalue weighted by Crippen LogP contribution is 2.26. The van der Waals surface area contributed by atoms with Crippen molar-refractivity contribution in [3.8, 4) is 0 Å². The summed E-state index contributed by atoms with van der Waals surface area (Å²) in [6, 6.07) is 9.40. The second-order valence-electron chi connectivity index (χ2n) is 3.13. The molecule has 0 amide bonds. The number of benzene rings is 1. The molecule has 15 heavy (non-hydrogen) atoms. The molecule has 0 radical (unpaired) electrons. The Balaban J connectivity index is 2.24. The molecule has 0 aliphatic carbocycles. The van der Waals surface area contributed by atoms with Gasteiger partial charge in [-0.2, -0.15) is 0 Å². The topological polar surface area (TPSA) is 53.4 Å². The van der Waals surface area contributed by atoms with E-state index in [9.17, 15) is 5.11 Å². The summed E-state index contributed by atoms with van der Waals surface area (Å²) in [6.07, 6.45) is 0.956. The van der Waals surface area contributed by atoms with Crippen LogP contribution in [-0.2, 0) is 6.61 Å². The van der Waals surface area contributed by atoms with E-state index in [2.05, 4.69) is 4.98 Å². The Hall–Kier alpha value is -1.23. The molecule has 0 aliphatic heterocycles. The van der Waals surface area contributed by atoms with Crippen LogP contribution in [0.25, 0.3) is 0 Å². The third-order valence-electron chi connectivity index (χ3n) is 2.09. The Morgan fingerprint density at radius 1 is 1.27 bits per heavy atom. The summed E-state index contributed by atoms with van der Waals surface area (Å²) in [4.78, 5) is 4.74. The molecule has 1 atom stereocenters. The maximum absolute atomic E-state index is 9.99. The number of rotatable bonds is 3. The van der Waals surface area contributed by atoms with Crippen LogP contribution >= 0.6 is 11.3 Å². The molecular formula is C11H11NO2S. The standard InChI is InChI=1S/C11H11NO2S/c13-7-10-12-6-9(15-10)11(14)8-4-2-1-3-5-8/h1-6,11,13-14H,7H2. The van der Waals surface area contributed by atoms with Crippen LogP contribution in [0.2, 0.25) is 0 Å². The van der Waals surface area contributed by atoms with Gasteiger partial charge in [0.2, 0.25) is 0 Å². The van der Waals surface area contributed by atoms with Gasteiger partial charge < -0.3 is 10.2 Å². The fraction of sp³-hybridized carbons (Fsp3) is 0.182. The fourth-order valence-electron chi connectivity index (χ4n) is 1.32. The van der Waals surface area contributed by atoms with E-state index >= 15 is 0 Å². The summed E-state index contributed by atoms with van der Waals surface area (Å²) in [5, 5.41) is 19.5.